The van der Waals surface area contributed by atoms with E-state index >= 15 is 0 Å². The van der Waals surface area contributed by atoms with Gasteiger partial charge in [0.25, 0.3) is 5.91 Å². The van der Waals surface area contributed by atoms with Crippen molar-refractivity contribution in [1.82, 2.24) is 20.0 Å². The molecule has 22 heavy (non-hydrogen) atoms. The number of halogens is 2. The monoisotopic (exact) mass is 338 g/mol. The maximum absolute atomic E-state index is 12.5. The third kappa shape index (κ3) is 3.11. The van der Waals surface area contributed by atoms with Gasteiger partial charge in [-0.05, 0) is 31.2 Å². The predicted molar refractivity (Wildman–Crippen MR) is 87.0 cm³/mol. The summed E-state index contributed by atoms with van der Waals surface area (Å²) >= 11 is 11.9. The lowest BCUT2D eigenvalue weighted by atomic mass is 10.2. The molecule has 1 aromatic carbocycles. The summed E-state index contributed by atoms with van der Waals surface area (Å²) in [6, 6.07) is 7.26. The molecule has 2 heterocycles. The summed E-state index contributed by atoms with van der Waals surface area (Å²) in [6.07, 6.45) is 1.75. The van der Waals surface area contributed by atoms with E-state index in [2.05, 4.69) is 17.3 Å². The van der Waals surface area contributed by atoms with Crippen molar-refractivity contribution in [2.75, 3.05) is 19.6 Å². The number of nitrogens with zero attached hydrogens (tertiary/aromatic N) is 3. The average molecular weight is 339 g/mol. The number of carbonyl (C=O) groups is 1. The van der Waals surface area contributed by atoms with Gasteiger partial charge in [0.1, 0.15) is 0 Å². The molecule has 0 aliphatic carbocycles. The first-order chi connectivity index (χ1) is 10.5. The van der Waals surface area contributed by atoms with E-state index < -0.39 is 0 Å². The number of hydrogen-bond acceptors (Lipinski definition) is 3. The fraction of sp³-hybridized carbons (Fsp3) is 0.333. The van der Waals surface area contributed by atoms with Crippen LogP contribution < -0.4 is 5.32 Å². The zero-order valence-corrected chi connectivity index (χ0v) is 13.6. The van der Waals surface area contributed by atoms with Crippen LogP contribution in [0.1, 0.15) is 17.4 Å². The van der Waals surface area contributed by atoms with E-state index in [1.807, 2.05) is 11.0 Å². The third-order valence-corrected chi connectivity index (χ3v) is 4.37. The SMILES string of the molecule is CC1CN(C(=O)c2ccn(-c3ccc(Cl)c(Cl)c3)n2)CCN1. The van der Waals surface area contributed by atoms with Crippen molar-refractivity contribution in [2.24, 2.45) is 0 Å². The lowest BCUT2D eigenvalue weighted by molar-refractivity contribution is 0.0702. The predicted octanol–water partition coefficient (Wildman–Crippen LogP) is 2.61. The molecule has 0 spiro atoms. The molecule has 1 fully saturated rings. The van der Waals surface area contributed by atoms with Crippen LogP contribution in [-0.2, 0) is 0 Å². The van der Waals surface area contributed by atoms with Gasteiger partial charge in [-0.15, -0.1) is 0 Å². The van der Waals surface area contributed by atoms with Crippen LogP contribution >= 0.6 is 23.2 Å². The second kappa shape index (κ2) is 6.28. The quantitative estimate of drug-likeness (QED) is 0.915. The molecule has 1 aromatic heterocycles. The van der Waals surface area contributed by atoms with Crippen molar-refractivity contribution < 1.29 is 4.79 Å². The van der Waals surface area contributed by atoms with Gasteiger partial charge in [-0.1, -0.05) is 23.2 Å². The van der Waals surface area contributed by atoms with E-state index in [-0.39, 0.29) is 5.91 Å². The molecule has 1 unspecified atom stereocenters. The molecule has 0 radical (unpaired) electrons. The summed E-state index contributed by atoms with van der Waals surface area (Å²) in [7, 11) is 0. The summed E-state index contributed by atoms with van der Waals surface area (Å²) < 4.78 is 1.63. The number of piperazine rings is 1. The molecule has 1 amide bonds. The van der Waals surface area contributed by atoms with Crippen LogP contribution in [0.25, 0.3) is 5.69 Å². The standard InChI is InChI=1S/C15H16Cl2N4O/c1-10-9-20(7-5-18-10)15(22)14-4-6-21(19-14)11-2-3-12(16)13(17)8-11/h2-4,6,8,10,18H,5,7,9H2,1H3. The van der Waals surface area contributed by atoms with Crippen LogP contribution in [0.2, 0.25) is 10.0 Å². The molecule has 1 aliphatic heterocycles. The Balaban J connectivity index is 1.81. The minimum atomic E-state index is -0.0489. The highest BCUT2D eigenvalue weighted by Crippen LogP contribution is 2.24. The molecule has 5 nitrogen and oxygen atoms in total. The summed E-state index contributed by atoms with van der Waals surface area (Å²) in [5, 5.41) is 8.62. The Morgan fingerprint density at radius 1 is 1.32 bits per heavy atom. The Labute approximate surface area is 138 Å². The summed E-state index contributed by atoms with van der Waals surface area (Å²) in [6.45, 7) is 4.26. The van der Waals surface area contributed by atoms with E-state index in [0.29, 0.717) is 34.9 Å². The molecule has 3 rings (SSSR count). The lowest BCUT2D eigenvalue weighted by Crippen LogP contribution is -2.51. The molecule has 1 N–H and O–H groups in total. The average Bonchev–Trinajstić information content (AvgIpc) is 2.99. The van der Waals surface area contributed by atoms with Gasteiger partial charge in [-0.3, -0.25) is 4.79 Å². The van der Waals surface area contributed by atoms with E-state index in [9.17, 15) is 4.79 Å². The zero-order chi connectivity index (χ0) is 15.7. The van der Waals surface area contributed by atoms with E-state index in [1.54, 1.807) is 29.1 Å². The Kier molecular flexibility index (Phi) is 4.38. The molecule has 7 heteroatoms. The van der Waals surface area contributed by atoms with Gasteiger partial charge >= 0.3 is 0 Å². The first-order valence-electron chi connectivity index (χ1n) is 7.08. The molecule has 1 aliphatic rings. The highest BCUT2D eigenvalue weighted by Gasteiger charge is 2.23. The summed E-state index contributed by atoms with van der Waals surface area (Å²) in [5.41, 5.74) is 1.20. The molecule has 1 atom stereocenters. The maximum Gasteiger partial charge on any atom is 0.274 e. The van der Waals surface area contributed by atoms with Crippen molar-refractivity contribution >= 4 is 29.1 Å². The Morgan fingerprint density at radius 2 is 2.14 bits per heavy atom. The number of rotatable bonds is 2. The Hall–Kier alpha value is -1.56. The maximum atomic E-state index is 12.5. The van der Waals surface area contributed by atoms with E-state index in [1.165, 1.54) is 0 Å². The van der Waals surface area contributed by atoms with Crippen molar-refractivity contribution in [2.45, 2.75) is 13.0 Å². The van der Waals surface area contributed by atoms with E-state index in [0.717, 1.165) is 12.2 Å². The van der Waals surface area contributed by atoms with Gasteiger partial charge in [0.05, 0.1) is 15.7 Å². The van der Waals surface area contributed by atoms with Crippen LogP contribution in [0.3, 0.4) is 0 Å². The van der Waals surface area contributed by atoms with E-state index in [4.69, 9.17) is 23.2 Å². The second-order valence-electron chi connectivity index (χ2n) is 5.35. The zero-order valence-electron chi connectivity index (χ0n) is 12.1. The number of aromatic nitrogens is 2. The fourth-order valence-corrected chi connectivity index (χ4v) is 2.78. The largest absolute Gasteiger partial charge is 0.334 e. The molecule has 0 bridgehead atoms. The van der Waals surface area contributed by atoms with Gasteiger partial charge in [0.15, 0.2) is 5.69 Å². The second-order valence-corrected chi connectivity index (χ2v) is 6.16. The highest BCUT2D eigenvalue weighted by molar-refractivity contribution is 6.42. The van der Waals surface area contributed by atoms with Crippen molar-refractivity contribution in [3.8, 4) is 5.69 Å². The molecular formula is C15H16Cl2N4O. The minimum absolute atomic E-state index is 0.0489. The molecule has 0 saturated carbocycles. The lowest BCUT2D eigenvalue weighted by Gasteiger charge is -2.31. The topological polar surface area (TPSA) is 50.2 Å². The number of hydrogen-bond donors (Lipinski definition) is 1. The summed E-state index contributed by atoms with van der Waals surface area (Å²) in [5.74, 6) is -0.0489. The van der Waals surface area contributed by atoms with Gasteiger partial charge < -0.3 is 10.2 Å². The number of benzene rings is 1. The Morgan fingerprint density at radius 3 is 2.86 bits per heavy atom. The van der Waals surface area contributed by atoms with Gasteiger partial charge in [0, 0.05) is 31.9 Å². The highest BCUT2D eigenvalue weighted by atomic mass is 35.5. The fourth-order valence-electron chi connectivity index (χ4n) is 2.49. The van der Waals surface area contributed by atoms with Crippen molar-refractivity contribution in [3.05, 3.63) is 46.2 Å². The van der Waals surface area contributed by atoms with Crippen LogP contribution in [-0.4, -0.2) is 46.3 Å². The molecule has 1 saturated heterocycles. The third-order valence-electron chi connectivity index (χ3n) is 3.63. The number of carbonyl (C=O) groups excluding carboxylic acids is 1. The van der Waals surface area contributed by atoms with Crippen LogP contribution in [0.4, 0.5) is 0 Å². The van der Waals surface area contributed by atoms with Gasteiger partial charge in [-0.2, -0.15) is 5.10 Å². The van der Waals surface area contributed by atoms with Crippen molar-refractivity contribution in [3.63, 3.8) is 0 Å². The Bertz CT molecular complexity index is 701. The molecule has 2 aromatic rings. The molecular weight excluding hydrogens is 323 g/mol. The first-order valence-corrected chi connectivity index (χ1v) is 7.84. The van der Waals surface area contributed by atoms with Gasteiger partial charge in [-0.25, -0.2) is 4.68 Å². The number of nitrogens with one attached hydrogen (secondary N) is 1. The minimum Gasteiger partial charge on any atom is -0.334 e. The van der Waals surface area contributed by atoms with Gasteiger partial charge in [0.2, 0.25) is 0 Å². The first kappa shape index (κ1) is 15.3. The van der Waals surface area contributed by atoms with Crippen molar-refractivity contribution in [1.29, 1.82) is 0 Å². The normalized spacial score (nSPS) is 18.5. The van der Waals surface area contributed by atoms with Crippen LogP contribution in [0.5, 0.6) is 0 Å². The summed E-state index contributed by atoms with van der Waals surface area (Å²) in [4.78, 5) is 14.3. The molecule has 116 valence electrons. The smallest absolute Gasteiger partial charge is 0.274 e. The van der Waals surface area contributed by atoms with Crippen LogP contribution in [0, 0.1) is 0 Å². The van der Waals surface area contributed by atoms with Crippen LogP contribution in [0.15, 0.2) is 30.5 Å². The number of amides is 1.